The van der Waals surface area contributed by atoms with E-state index >= 15 is 0 Å². The second-order valence-electron chi connectivity index (χ2n) is 7.69. The van der Waals surface area contributed by atoms with Gasteiger partial charge in [-0.05, 0) is 61.8 Å². The van der Waals surface area contributed by atoms with Gasteiger partial charge in [0.2, 0.25) is 5.91 Å². The Morgan fingerprint density at radius 1 is 1.22 bits per heavy atom. The molecule has 1 aromatic rings. The number of carbonyl (C=O) groups is 2. The van der Waals surface area contributed by atoms with Gasteiger partial charge in [0.1, 0.15) is 5.00 Å². The summed E-state index contributed by atoms with van der Waals surface area (Å²) in [6.07, 6.45) is 7.67. The van der Waals surface area contributed by atoms with E-state index in [-0.39, 0.29) is 11.8 Å². The van der Waals surface area contributed by atoms with E-state index in [4.69, 9.17) is 5.73 Å². The van der Waals surface area contributed by atoms with Crippen LogP contribution in [0.3, 0.4) is 0 Å². The number of nitrogens with one attached hydrogen (secondary N) is 1. The average Bonchev–Trinajstić information content (AvgIpc) is 3.18. The average molecular weight is 332 g/mol. The molecule has 0 radical (unpaired) electrons. The van der Waals surface area contributed by atoms with Gasteiger partial charge in [-0.3, -0.25) is 9.59 Å². The van der Waals surface area contributed by atoms with Gasteiger partial charge in [-0.15, -0.1) is 11.3 Å². The normalized spacial score (nSPS) is 31.9. The fraction of sp³-hybridized carbons (Fsp3) is 0.667. The van der Waals surface area contributed by atoms with Gasteiger partial charge in [-0.1, -0.05) is 13.3 Å². The standard InChI is InChI=1S/C18H24N2O2S/c1-9-2-5-12-14(6-9)23-18(15(12)16(19)21)20-17(22)13-8-10-3-4-11(13)7-10/h9-11,13H,2-8H2,1H3,(H2,19,21)(H,20,22)/t9-,10-,11-,13+/m0/s1. The number of primary amides is 1. The zero-order chi connectivity index (χ0) is 16.1. The molecule has 0 aromatic carbocycles. The van der Waals surface area contributed by atoms with Crippen LogP contribution in [0.1, 0.15) is 59.8 Å². The Hall–Kier alpha value is -1.36. The minimum atomic E-state index is -0.403. The van der Waals surface area contributed by atoms with E-state index in [1.165, 1.54) is 24.1 Å². The van der Waals surface area contributed by atoms with E-state index in [1.807, 2.05) is 0 Å². The highest BCUT2D eigenvalue weighted by Gasteiger charge is 2.43. The summed E-state index contributed by atoms with van der Waals surface area (Å²) in [5, 5.41) is 3.77. The fourth-order valence-electron chi connectivity index (χ4n) is 4.87. The van der Waals surface area contributed by atoms with Gasteiger partial charge < -0.3 is 11.1 Å². The molecule has 2 bridgehead atoms. The van der Waals surface area contributed by atoms with Crippen molar-refractivity contribution in [2.45, 2.75) is 51.9 Å². The number of amides is 2. The maximum absolute atomic E-state index is 12.7. The predicted molar refractivity (Wildman–Crippen MR) is 91.6 cm³/mol. The van der Waals surface area contributed by atoms with E-state index in [0.29, 0.717) is 22.4 Å². The summed E-state index contributed by atoms with van der Waals surface area (Å²) in [7, 11) is 0. The number of hydrogen-bond donors (Lipinski definition) is 2. The zero-order valence-electron chi connectivity index (χ0n) is 13.6. The molecule has 124 valence electrons. The number of carbonyl (C=O) groups excluding carboxylic acids is 2. The Balaban J connectivity index is 1.59. The summed E-state index contributed by atoms with van der Waals surface area (Å²) in [6, 6.07) is 0. The summed E-state index contributed by atoms with van der Waals surface area (Å²) in [4.78, 5) is 25.9. The second-order valence-corrected chi connectivity index (χ2v) is 8.80. The van der Waals surface area contributed by atoms with Crippen molar-refractivity contribution in [3.05, 3.63) is 16.0 Å². The number of hydrogen-bond acceptors (Lipinski definition) is 3. The van der Waals surface area contributed by atoms with Crippen LogP contribution < -0.4 is 11.1 Å². The Morgan fingerprint density at radius 3 is 2.70 bits per heavy atom. The smallest absolute Gasteiger partial charge is 0.251 e. The van der Waals surface area contributed by atoms with Gasteiger partial charge in [0.25, 0.3) is 5.91 Å². The zero-order valence-corrected chi connectivity index (χ0v) is 14.4. The lowest BCUT2D eigenvalue weighted by atomic mass is 9.87. The third kappa shape index (κ3) is 2.59. The number of thiophene rings is 1. The molecular weight excluding hydrogens is 308 g/mol. The second kappa shape index (κ2) is 5.62. The van der Waals surface area contributed by atoms with Gasteiger partial charge in [0.15, 0.2) is 0 Å². The molecule has 2 fully saturated rings. The summed E-state index contributed by atoms with van der Waals surface area (Å²) < 4.78 is 0. The Labute approximate surface area is 140 Å². The van der Waals surface area contributed by atoms with Gasteiger partial charge in [-0.2, -0.15) is 0 Å². The lowest BCUT2D eigenvalue weighted by molar-refractivity contribution is -0.121. The molecule has 3 N–H and O–H groups in total. The van der Waals surface area contributed by atoms with Crippen molar-refractivity contribution in [2.75, 3.05) is 5.32 Å². The van der Waals surface area contributed by atoms with Crippen LogP contribution >= 0.6 is 11.3 Å². The largest absolute Gasteiger partial charge is 0.365 e. The lowest BCUT2D eigenvalue weighted by Gasteiger charge is -2.20. The van der Waals surface area contributed by atoms with Crippen LogP contribution in [0, 0.1) is 23.7 Å². The SMILES string of the molecule is C[C@H]1CCc2c(sc(NC(=O)[C@@H]3C[C@H]4CC[C@H]3C4)c2C(N)=O)C1. The Bertz CT molecular complexity index is 666. The van der Waals surface area contributed by atoms with Crippen LogP contribution in [0.15, 0.2) is 0 Å². The number of rotatable bonds is 3. The van der Waals surface area contributed by atoms with Crippen molar-refractivity contribution in [3.8, 4) is 0 Å². The van der Waals surface area contributed by atoms with Crippen LogP contribution in [0.2, 0.25) is 0 Å². The first-order valence-electron chi connectivity index (χ1n) is 8.78. The van der Waals surface area contributed by atoms with Gasteiger partial charge in [0, 0.05) is 10.8 Å². The first-order chi connectivity index (χ1) is 11.0. The summed E-state index contributed by atoms with van der Waals surface area (Å²) in [5.41, 5.74) is 7.29. The quantitative estimate of drug-likeness (QED) is 0.891. The minimum Gasteiger partial charge on any atom is -0.365 e. The molecule has 23 heavy (non-hydrogen) atoms. The van der Waals surface area contributed by atoms with E-state index < -0.39 is 5.91 Å². The molecule has 0 spiro atoms. The molecule has 5 heteroatoms. The van der Waals surface area contributed by atoms with Crippen LogP contribution in [0.25, 0.3) is 0 Å². The molecule has 1 aromatic heterocycles. The third-order valence-corrected chi connectivity index (χ3v) is 7.24. The van der Waals surface area contributed by atoms with E-state index in [1.54, 1.807) is 11.3 Å². The van der Waals surface area contributed by atoms with Crippen molar-refractivity contribution < 1.29 is 9.59 Å². The molecule has 2 saturated carbocycles. The lowest BCUT2D eigenvalue weighted by Crippen LogP contribution is -2.28. The van der Waals surface area contributed by atoms with Crippen molar-refractivity contribution >= 4 is 28.2 Å². The topological polar surface area (TPSA) is 72.2 Å². The summed E-state index contributed by atoms with van der Waals surface area (Å²) in [6.45, 7) is 2.24. The Kier molecular flexibility index (Phi) is 3.71. The highest BCUT2D eigenvalue weighted by molar-refractivity contribution is 7.17. The van der Waals surface area contributed by atoms with Crippen molar-refractivity contribution in [2.24, 2.45) is 29.4 Å². The van der Waals surface area contributed by atoms with Crippen molar-refractivity contribution in [1.82, 2.24) is 0 Å². The molecule has 3 aliphatic carbocycles. The summed E-state index contributed by atoms with van der Waals surface area (Å²) in [5.74, 6) is 1.76. The van der Waals surface area contributed by atoms with E-state index in [9.17, 15) is 9.59 Å². The molecule has 4 rings (SSSR count). The molecule has 4 nitrogen and oxygen atoms in total. The number of fused-ring (bicyclic) bond motifs is 3. The molecule has 4 atom stereocenters. The fourth-order valence-corrected chi connectivity index (χ4v) is 6.29. The van der Waals surface area contributed by atoms with E-state index in [0.717, 1.165) is 37.2 Å². The highest BCUT2D eigenvalue weighted by atomic mass is 32.1. The third-order valence-electron chi connectivity index (χ3n) is 6.07. The predicted octanol–water partition coefficient (Wildman–Crippen LogP) is 3.35. The van der Waals surface area contributed by atoms with Gasteiger partial charge >= 0.3 is 0 Å². The molecular formula is C18H24N2O2S. The van der Waals surface area contributed by atoms with Gasteiger partial charge in [-0.25, -0.2) is 0 Å². The maximum atomic E-state index is 12.7. The van der Waals surface area contributed by atoms with Crippen molar-refractivity contribution in [3.63, 3.8) is 0 Å². The minimum absolute atomic E-state index is 0.103. The first kappa shape index (κ1) is 15.2. The Morgan fingerprint density at radius 2 is 2.04 bits per heavy atom. The highest BCUT2D eigenvalue weighted by Crippen LogP contribution is 2.49. The number of nitrogens with two attached hydrogens (primary N) is 1. The first-order valence-corrected chi connectivity index (χ1v) is 9.59. The molecule has 0 unspecified atom stereocenters. The molecule has 0 saturated heterocycles. The van der Waals surface area contributed by atoms with Crippen molar-refractivity contribution in [1.29, 1.82) is 0 Å². The van der Waals surface area contributed by atoms with Crippen LogP contribution in [-0.2, 0) is 17.6 Å². The number of anilines is 1. The maximum Gasteiger partial charge on any atom is 0.251 e. The van der Waals surface area contributed by atoms with Crippen LogP contribution in [0.4, 0.5) is 5.00 Å². The monoisotopic (exact) mass is 332 g/mol. The van der Waals surface area contributed by atoms with Gasteiger partial charge in [0.05, 0.1) is 5.56 Å². The summed E-state index contributed by atoms with van der Waals surface area (Å²) >= 11 is 1.57. The molecule has 2 amide bonds. The molecule has 0 aliphatic heterocycles. The van der Waals surface area contributed by atoms with E-state index in [2.05, 4.69) is 12.2 Å². The van der Waals surface area contributed by atoms with Crippen LogP contribution in [-0.4, -0.2) is 11.8 Å². The van der Waals surface area contributed by atoms with Crippen LogP contribution in [0.5, 0.6) is 0 Å². The molecule has 1 heterocycles. The molecule has 3 aliphatic rings.